The van der Waals surface area contributed by atoms with Gasteiger partial charge in [-0.3, -0.25) is 0 Å². The summed E-state index contributed by atoms with van der Waals surface area (Å²) in [6.45, 7) is 10.4. The van der Waals surface area contributed by atoms with Crippen molar-refractivity contribution in [3.8, 4) is 11.8 Å². The number of hydrogen-bond acceptors (Lipinski definition) is 4. The molecule has 5 nitrogen and oxygen atoms in total. The predicted molar refractivity (Wildman–Crippen MR) is 85.7 cm³/mol. The predicted octanol–water partition coefficient (Wildman–Crippen LogP) is 3.66. The number of aryl methyl sites for hydroxylation is 1. The molecule has 1 aliphatic rings. The van der Waals surface area contributed by atoms with E-state index in [4.69, 9.17) is 0 Å². The fourth-order valence-corrected chi connectivity index (χ4v) is 2.85. The molecule has 1 aliphatic heterocycles. The molecule has 106 valence electrons. The average molecular weight is 297 g/mol. The second kappa shape index (κ2) is 5.26. The number of hydrogen-bond donors (Lipinski definition) is 0. The fourth-order valence-electron chi connectivity index (χ4n) is 2.25. The highest BCUT2D eigenvalue weighted by Crippen LogP contribution is 2.42. The maximum atomic E-state index is 4.60. The van der Waals surface area contributed by atoms with Crippen LogP contribution in [-0.4, -0.2) is 15.0 Å². The lowest BCUT2D eigenvalue weighted by atomic mass is 10.0. The maximum absolute atomic E-state index is 4.60. The molecule has 6 heteroatoms. The molecule has 0 saturated carbocycles. The van der Waals surface area contributed by atoms with Crippen LogP contribution in [0.3, 0.4) is 0 Å². The summed E-state index contributed by atoms with van der Waals surface area (Å²) in [6, 6.07) is 0. The number of aromatic nitrogens is 3. The molecule has 0 bridgehead atoms. The molecule has 0 spiro atoms. The SMILES string of the molecule is C=CC(C)Cn1nc2c(C)c3c(c(C#CC)c2n1)N=S=N3. The molecule has 0 aliphatic carbocycles. The summed E-state index contributed by atoms with van der Waals surface area (Å²) in [6.07, 6.45) is 1.90. The van der Waals surface area contributed by atoms with E-state index in [-0.39, 0.29) is 0 Å². The first-order valence-electron chi connectivity index (χ1n) is 6.70. The van der Waals surface area contributed by atoms with E-state index in [1.165, 1.54) is 11.4 Å². The van der Waals surface area contributed by atoms with Crippen molar-refractivity contribution < 1.29 is 0 Å². The van der Waals surface area contributed by atoms with Gasteiger partial charge in [-0.25, -0.2) is 0 Å². The van der Waals surface area contributed by atoms with Crippen LogP contribution in [0, 0.1) is 24.7 Å². The van der Waals surface area contributed by atoms with E-state index in [0.717, 1.165) is 33.5 Å². The topological polar surface area (TPSA) is 55.4 Å². The zero-order valence-corrected chi connectivity index (χ0v) is 13.0. The molecule has 2 aromatic rings. The van der Waals surface area contributed by atoms with Crippen LogP contribution in [0.15, 0.2) is 21.4 Å². The van der Waals surface area contributed by atoms with E-state index < -0.39 is 0 Å². The molecule has 1 atom stereocenters. The van der Waals surface area contributed by atoms with Crippen LogP contribution in [0.25, 0.3) is 11.0 Å². The first kappa shape index (κ1) is 13.7. The summed E-state index contributed by atoms with van der Waals surface area (Å²) < 4.78 is 8.74. The van der Waals surface area contributed by atoms with Gasteiger partial charge in [-0.2, -0.15) is 23.7 Å². The van der Waals surface area contributed by atoms with Crippen LogP contribution in [0.4, 0.5) is 11.4 Å². The Labute approximate surface area is 126 Å². The average Bonchev–Trinajstić information content (AvgIpc) is 3.10. The third-order valence-corrected chi connectivity index (χ3v) is 3.96. The lowest BCUT2D eigenvalue weighted by Crippen LogP contribution is -2.08. The normalized spacial score (nSPS) is 13.5. The zero-order valence-electron chi connectivity index (χ0n) is 12.2. The number of fused-ring (bicyclic) bond motifs is 2. The van der Waals surface area contributed by atoms with Gasteiger partial charge in [0.2, 0.25) is 0 Å². The van der Waals surface area contributed by atoms with Crippen molar-refractivity contribution in [3.05, 3.63) is 23.8 Å². The standard InChI is InChI=1S/C15H15N5S/c1-5-7-11-14-12(10(4)13-15(11)19-21-18-13)16-20(17-14)8-9(3)6-2/h6,9H,2,8H2,1,3-4H3. The number of benzene rings is 1. The van der Waals surface area contributed by atoms with Gasteiger partial charge in [-0.1, -0.05) is 18.9 Å². The Morgan fingerprint density at radius 3 is 2.71 bits per heavy atom. The summed E-state index contributed by atoms with van der Waals surface area (Å²) in [4.78, 5) is 1.72. The monoisotopic (exact) mass is 297 g/mol. The minimum atomic E-state index is 0.310. The molecular formula is C15H15N5S. The second-order valence-electron chi connectivity index (χ2n) is 5.00. The van der Waals surface area contributed by atoms with Crippen molar-refractivity contribution >= 4 is 33.8 Å². The molecule has 0 radical (unpaired) electrons. The van der Waals surface area contributed by atoms with Crippen LogP contribution in [0.2, 0.25) is 0 Å². The Kier molecular flexibility index (Phi) is 3.43. The van der Waals surface area contributed by atoms with Crippen LogP contribution in [0.1, 0.15) is 25.0 Å². The molecule has 0 N–H and O–H groups in total. The highest BCUT2D eigenvalue weighted by Gasteiger charge is 2.22. The Morgan fingerprint density at radius 2 is 2.00 bits per heavy atom. The van der Waals surface area contributed by atoms with E-state index >= 15 is 0 Å². The van der Waals surface area contributed by atoms with Crippen molar-refractivity contribution in [2.75, 3.05) is 0 Å². The molecule has 0 fully saturated rings. The highest BCUT2D eigenvalue weighted by atomic mass is 32.1. The molecule has 0 saturated heterocycles. The van der Waals surface area contributed by atoms with Gasteiger partial charge >= 0.3 is 0 Å². The Morgan fingerprint density at radius 1 is 1.29 bits per heavy atom. The van der Waals surface area contributed by atoms with E-state index in [9.17, 15) is 0 Å². The van der Waals surface area contributed by atoms with E-state index in [0.29, 0.717) is 12.5 Å². The van der Waals surface area contributed by atoms with Crippen LogP contribution < -0.4 is 0 Å². The first-order chi connectivity index (χ1) is 10.2. The van der Waals surface area contributed by atoms with Gasteiger partial charge in [0, 0.05) is 5.56 Å². The van der Waals surface area contributed by atoms with Crippen LogP contribution in [-0.2, 0) is 17.9 Å². The Balaban J connectivity index is 2.26. The highest BCUT2D eigenvalue weighted by molar-refractivity contribution is 7.58. The largest absolute Gasteiger partial charge is 0.183 e. The minimum absolute atomic E-state index is 0.310. The lowest BCUT2D eigenvalue weighted by Gasteiger charge is -2.02. The van der Waals surface area contributed by atoms with Gasteiger partial charge in [0.05, 0.1) is 23.5 Å². The fraction of sp³-hybridized carbons (Fsp3) is 0.333. The molecule has 1 aromatic heterocycles. The molecule has 1 unspecified atom stereocenters. The van der Waals surface area contributed by atoms with Crippen LogP contribution >= 0.6 is 0 Å². The molecule has 0 amide bonds. The summed E-state index contributed by atoms with van der Waals surface area (Å²) in [5.74, 6) is 6.35. The van der Waals surface area contributed by atoms with E-state index in [1.54, 1.807) is 4.80 Å². The zero-order chi connectivity index (χ0) is 15.0. The summed E-state index contributed by atoms with van der Waals surface area (Å²) in [5, 5.41) is 9.20. The van der Waals surface area contributed by atoms with Crippen molar-refractivity contribution in [2.24, 2.45) is 14.6 Å². The van der Waals surface area contributed by atoms with Crippen molar-refractivity contribution in [2.45, 2.75) is 27.3 Å². The van der Waals surface area contributed by atoms with Gasteiger partial charge in [-0.05, 0) is 19.8 Å². The quantitative estimate of drug-likeness (QED) is 0.547. The van der Waals surface area contributed by atoms with Gasteiger partial charge in [0.25, 0.3) is 0 Å². The Bertz CT molecular complexity index is 875. The van der Waals surface area contributed by atoms with Gasteiger partial charge < -0.3 is 0 Å². The Hall–Kier alpha value is -2.26. The van der Waals surface area contributed by atoms with E-state index in [1.807, 2.05) is 19.9 Å². The van der Waals surface area contributed by atoms with Crippen molar-refractivity contribution in [3.63, 3.8) is 0 Å². The van der Waals surface area contributed by atoms with Gasteiger partial charge in [0.1, 0.15) is 22.4 Å². The summed E-state index contributed by atoms with van der Waals surface area (Å²) >= 11 is 1.20. The molecule has 21 heavy (non-hydrogen) atoms. The first-order valence-corrected chi connectivity index (χ1v) is 7.43. The summed E-state index contributed by atoms with van der Waals surface area (Å²) in [5.41, 5.74) is 5.17. The molecular weight excluding hydrogens is 282 g/mol. The second-order valence-corrected chi connectivity index (χ2v) is 5.53. The van der Waals surface area contributed by atoms with Crippen molar-refractivity contribution in [1.29, 1.82) is 0 Å². The maximum Gasteiger partial charge on any atom is 0.131 e. The van der Waals surface area contributed by atoms with Crippen molar-refractivity contribution in [1.82, 2.24) is 15.0 Å². The minimum Gasteiger partial charge on any atom is -0.183 e. The number of nitrogens with zero attached hydrogens (tertiary/aromatic N) is 5. The lowest BCUT2D eigenvalue weighted by molar-refractivity contribution is 0.472. The summed E-state index contributed by atoms with van der Waals surface area (Å²) in [7, 11) is 0. The van der Waals surface area contributed by atoms with E-state index in [2.05, 4.69) is 44.3 Å². The molecule has 1 aromatic carbocycles. The third kappa shape index (κ3) is 2.20. The van der Waals surface area contributed by atoms with Crippen LogP contribution in [0.5, 0.6) is 0 Å². The van der Waals surface area contributed by atoms with Gasteiger partial charge in [0.15, 0.2) is 0 Å². The van der Waals surface area contributed by atoms with Gasteiger partial charge in [-0.15, -0.1) is 12.5 Å². The molecule has 3 rings (SSSR count). The number of rotatable bonds is 3. The third-order valence-electron chi connectivity index (χ3n) is 3.43. The smallest absolute Gasteiger partial charge is 0.131 e. The molecule has 2 heterocycles. The number of allylic oxidation sites excluding steroid dienone is 1.